The van der Waals surface area contributed by atoms with Crippen molar-refractivity contribution < 1.29 is 23.8 Å². The van der Waals surface area contributed by atoms with Gasteiger partial charge in [0.05, 0.1) is 31.5 Å². The number of hydrogen-bond acceptors (Lipinski definition) is 3. The lowest BCUT2D eigenvalue weighted by molar-refractivity contribution is 0.0142. The van der Waals surface area contributed by atoms with Gasteiger partial charge in [0.15, 0.2) is 0 Å². The molecule has 0 saturated heterocycles. The molecule has 4 nitrogen and oxygen atoms in total. The fraction of sp³-hybridized carbons (Fsp3) is 0.462. The quantitative estimate of drug-likeness (QED) is 0.761. The molecule has 1 aromatic rings. The number of benzene rings is 1. The summed E-state index contributed by atoms with van der Waals surface area (Å²) in [6, 6.07) is 3.95. The molecule has 0 atom stereocenters. The highest BCUT2D eigenvalue weighted by molar-refractivity contribution is 5.87. The number of carboxylic acid groups (broad SMARTS) is 1. The van der Waals surface area contributed by atoms with Crippen molar-refractivity contribution in [1.82, 2.24) is 0 Å². The van der Waals surface area contributed by atoms with E-state index in [0.29, 0.717) is 18.8 Å². The Morgan fingerprint density at radius 2 is 2.11 bits per heavy atom. The van der Waals surface area contributed by atoms with Crippen LogP contribution in [-0.4, -0.2) is 30.4 Å². The van der Waals surface area contributed by atoms with Gasteiger partial charge in [-0.1, -0.05) is 6.07 Å². The first-order valence-corrected chi connectivity index (χ1v) is 5.71. The van der Waals surface area contributed by atoms with Gasteiger partial charge in [-0.2, -0.15) is 0 Å². The van der Waals surface area contributed by atoms with Crippen LogP contribution in [0.15, 0.2) is 18.2 Å². The number of aromatic carboxylic acids is 1. The normalized spacial score (nSPS) is 10.9. The summed E-state index contributed by atoms with van der Waals surface area (Å²) in [4.78, 5) is 10.6. The van der Waals surface area contributed by atoms with Crippen LogP contribution in [-0.2, 0) is 16.1 Å². The van der Waals surface area contributed by atoms with Crippen molar-refractivity contribution in [1.29, 1.82) is 0 Å². The Balaban J connectivity index is 2.39. The van der Waals surface area contributed by atoms with Crippen LogP contribution in [0.3, 0.4) is 0 Å². The highest BCUT2D eigenvalue weighted by Gasteiger charge is 2.10. The Kier molecular flexibility index (Phi) is 5.74. The van der Waals surface area contributed by atoms with Crippen LogP contribution in [0.4, 0.5) is 4.39 Å². The van der Waals surface area contributed by atoms with Crippen LogP contribution in [0.2, 0.25) is 0 Å². The molecule has 100 valence electrons. The molecule has 0 fully saturated rings. The first-order valence-electron chi connectivity index (χ1n) is 5.71. The highest BCUT2D eigenvalue weighted by atomic mass is 19.1. The maximum atomic E-state index is 13.3. The minimum Gasteiger partial charge on any atom is -0.478 e. The van der Waals surface area contributed by atoms with E-state index in [1.807, 2.05) is 13.8 Å². The second-order valence-electron chi connectivity index (χ2n) is 4.09. The summed E-state index contributed by atoms with van der Waals surface area (Å²) >= 11 is 0. The highest BCUT2D eigenvalue weighted by Crippen LogP contribution is 2.11. The molecule has 0 aliphatic rings. The standard InChI is InChI=1S/C13H17FO4/c1-9(2)18-6-5-17-8-10-3-4-11(13(15)16)12(14)7-10/h3-4,7,9H,5-6,8H2,1-2H3,(H,15,16). The maximum Gasteiger partial charge on any atom is 0.338 e. The van der Waals surface area contributed by atoms with Crippen molar-refractivity contribution >= 4 is 5.97 Å². The van der Waals surface area contributed by atoms with E-state index in [-0.39, 0.29) is 18.3 Å². The van der Waals surface area contributed by atoms with Crippen LogP contribution in [0.25, 0.3) is 0 Å². The van der Waals surface area contributed by atoms with E-state index < -0.39 is 11.8 Å². The second-order valence-corrected chi connectivity index (χ2v) is 4.09. The SMILES string of the molecule is CC(C)OCCOCc1ccc(C(=O)O)c(F)c1. The first-order chi connectivity index (χ1) is 8.50. The second kappa shape index (κ2) is 7.08. The van der Waals surface area contributed by atoms with Crippen molar-refractivity contribution in [3.8, 4) is 0 Å². The van der Waals surface area contributed by atoms with Gasteiger partial charge in [-0.25, -0.2) is 9.18 Å². The molecule has 0 aromatic heterocycles. The van der Waals surface area contributed by atoms with E-state index in [4.69, 9.17) is 14.6 Å². The Morgan fingerprint density at radius 3 is 2.67 bits per heavy atom. The van der Waals surface area contributed by atoms with Gasteiger partial charge in [0, 0.05) is 0 Å². The first kappa shape index (κ1) is 14.6. The van der Waals surface area contributed by atoms with Crippen molar-refractivity contribution in [3.63, 3.8) is 0 Å². The van der Waals surface area contributed by atoms with E-state index in [9.17, 15) is 9.18 Å². The number of halogens is 1. The average molecular weight is 256 g/mol. The molecule has 0 amide bonds. The topological polar surface area (TPSA) is 55.8 Å². The Bertz CT molecular complexity index is 404. The number of rotatable bonds is 7. The minimum atomic E-state index is -1.27. The maximum absolute atomic E-state index is 13.3. The smallest absolute Gasteiger partial charge is 0.338 e. The van der Waals surface area contributed by atoms with Gasteiger partial charge in [0.25, 0.3) is 0 Å². The van der Waals surface area contributed by atoms with Gasteiger partial charge in [0.1, 0.15) is 5.82 Å². The Morgan fingerprint density at radius 1 is 1.39 bits per heavy atom. The third-order valence-corrected chi connectivity index (χ3v) is 2.21. The van der Waals surface area contributed by atoms with E-state index in [1.54, 1.807) is 0 Å². The molecular weight excluding hydrogens is 239 g/mol. The summed E-state index contributed by atoms with van der Waals surface area (Å²) in [5.74, 6) is -2.02. The van der Waals surface area contributed by atoms with E-state index >= 15 is 0 Å². The summed E-state index contributed by atoms with van der Waals surface area (Å²) in [5, 5.41) is 8.67. The lowest BCUT2D eigenvalue weighted by Crippen LogP contribution is -2.09. The number of carboxylic acids is 1. The summed E-state index contributed by atoms with van der Waals surface area (Å²) in [6.45, 7) is 4.99. The fourth-order valence-corrected chi connectivity index (χ4v) is 1.35. The molecule has 0 aliphatic carbocycles. The molecule has 0 heterocycles. The summed E-state index contributed by atoms with van der Waals surface area (Å²) < 4.78 is 23.9. The molecular formula is C13H17FO4. The third kappa shape index (κ3) is 4.81. The Hall–Kier alpha value is -1.46. The number of carbonyl (C=O) groups is 1. The zero-order valence-electron chi connectivity index (χ0n) is 10.5. The molecule has 0 saturated carbocycles. The molecule has 0 spiro atoms. The molecule has 18 heavy (non-hydrogen) atoms. The molecule has 0 unspecified atom stereocenters. The molecule has 1 N–H and O–H groups in total. The van der Waals surface area contributed by atoms with Crippen LogP contribution < -0.4 is 0 Å². The lowest BCUT2D eigenvalue weighted by Gasteiger charge is -2.08. The van der Waals surface area contributed by atoms with Crippen LogP contribution >= 0.6 is 0 Å². The lowest BCUT2D eigenvalue weighted by atomic mass is 10.1. The summed E-state index contributed by atoms with van der Waals surface area (Å²) in [7, 11) is 0. The fourth-order valence-electron chi connectivity index (χ4n) is 1.35. The van der Waals surface area contributed by atoms with Gasteiger partial charge in [-0.15, -0.1) is 0 Å². The summed E-state index contributed by atoms with van der Waals surface area (Å²) in [5.41, 5.74) is 0.268. The molecule has 0 radical (unpaired) electrons. The van der Waals surface area contributed by atoms with Crippen molar-refractivity contribution in [2.75, 3.05) is 13.2 Å². The average Bonchev–Trinajstić information content (AvgIpc) is 2.27. The van der Waals surface area contributed by atoms with Gasteiger partial charge >= 0.3 is 5.97 Å². The molecule has 1 aromatic carbocycles. The van der Waals surface area contributed by atoms with Crippen LogP contribution in [0, 0.1) is 5.82 Å². The predicted molar refractivity (Wildman–Crippen MR) is 64.1 cm³/mol. The zero-order valence-corrected chi connectivity index (χ0v) is 10.5. The molecule has 0 bridgehead atoms. The van der Waals surface area contributed by atoms with E-state index in [0.717, 1.165) is 0 Å². The van der Waals surface area contributed by atoms with Gasteiger partial charge < -0.3 is 14.6 Å². The van der Waals surface area contributed by atoms with E-state index in [2.05, 4.69) is 0 Å². The molecule has 0 aliphatic heterocycles. The number of ether oxygens (including phenoxy) is 2. The largest absolute Gasteiger partial charge is 0.478 e. The summed E-state index contributed by atoms with van der Waals surface area (Å²) in [6.07, 6.45) is 0.154. The Labute approximate surface area is 105 Å². The number of hydrogen-bond donors (Lipinski definition) is 1. The van der Waals surface area contributed by atoms with Crippen LogP contribution in [0.5, 0.6) is 0 Å². The molecule has 1 rings (SSSR count). The van der Waals surface area contributed by atoms with Crippen molar-refractivity contribution in [2.45, 2.75) is 26.6 Å². The predicted octanol–water partition coefficient (Wildman–Crippen LogP) is 2.47. The van der Waals surface area contributed by atoms with Gasteiger partial charge in [0.2, 0.25) is 0 Å². The zero-order chi connectivity index (χ0) is 13.5. The minimum absolute atomic E-state index is 0.154. The molecule has 5 heteroatoms. The van der Waals surface area contributed by atoms with Crippen molar-refractivity contribution in [2.24, 2.45) is 0 Å². The van der Waals surface area contributed by atoms with E-state index in [1.165, 1.54) is 18.2 Å². The van der Waals surface area contributed by atoms with Gasteiger partial charge in [-0.3, -0.25) is 0 Å². The van der Waals surface area contributed by atoms with Crippen molar-refractivity contribution in [3.05, 3.63) is 35.1 Å². The van der Waals surface area contributed by atoms with Gasteiger partial charge in [-0.05, 0) is 31.5 Å². The van der Waals surface area contributed by atoms with Crippen LogP contribution in [0.1, 0.15) is 29.8 Å². The third-order valence-electron chi connectivity index (χ3n) is 2.21. The monoisotopic (exact) mass is 256 g/mol.